The maximum absolute atomic E-state index is 10.4. The molecule has 2 rings (SSSR count). The molecule has 0 radical (unpaired) electrons. The van der Waals surface area contributed by atoms with Crippen LogP contribution in [0, 0.1) is 0 Å². The summed E-state index contributed by atoms with van der Waals surface area (Å²) in [5.74, 6) is 0.875. The minimum absolute atomic E-state index is 0.529. The molecule has 2 aliphatic rings. The van der Waals surface area contributed by atoms with Gasteiger partial charge in [-0.3, -0.25) is 4.99 Å². The topological polar surface area (TPSA) is 56.7 Å². The van der Waals surface area contributed by atoms with E-state index < -0.39 is 5.60 Å². The van der Waals surface area contributed by atoms with Crippen LogP contribution in [0.3, 0.4) is 0 Å². The molecule has 0 aromatic heterocycles. The van der Waals surface area contributed by atoms with Gasteiger partial charge in [0, 0.05) is 17.8 Å². The lowest BCUT2D eigenvalue weighted by Crippen LogP contribution is -2.43. The van der Waals surface area contributed by atoms with Gasteiger partial charge in [-0.2, -0.15) is 11.8 Å². The zero-order chi connectivity index (χ0) is 14.4. The van der Waals surface area contributed by atoms with Gasteiger partial charge in [-0.15, -0.1) is 0 Å². The van der Waals surface area contributed by atoms with Crippen LogP contribution in [0.5, 0.6) is 0 Å². The smallest absolute Gasteiger partial charge is 0.191 e. The highest BCUT2D eigenvalue weighted by Gasteiger charge is 2.31. The van der Waals surface area contributed by atoms with Crippen LogP contribution in [-0.4, -0.2) is 47.3 Å². The number of thioether (sulfide) groups is 1. The van der Waals surface area contributed by atoms with Crippen molar-refractivity contribution in [1.29, 1.82) is 0 Å². The Balaban J connectivity index is 1.86. The van der Waals surface area contributed by atoms with E-state index in [4.69, 9.17) is 0 Å². The molecule has 0 saturated heterocycles. The summed E-state index contributed by atoms with van der Waals surface area (Å²) in [5, 5.41) is 18.0. The predicted molar refractivity (Wildman–Crippen MR) is 87.5 cm³/mol. The van der Waals surface area contributed by atoms with E-state index in [-0.39, 0.29) is 0 Å². The summed E-state index contributed by atoms with van der Waals surface area (Å²) in [4.78, 5) is 4.62. The molecule has 0 aromatic carbocycles. The number of aliphatic imine (C=N–C) groups is 1. The van der Waals surface area contributed by atoms with Crippen LogP contribution in [0.1, 0.15) is 51.9 Å². The largest absolute Gasteiger partial charge is 0.388 e. The Morgan fingerprint density at radius 1 is 1.35 bits per heavy atom. The molecule has 0 heterocycles. The molecule has 116 valence electrons. The first-order valence-electron chi connectivity index (χ1n) is 7.95. The van der Waals surface area contributed by atoms with Crippen molar-refractivity contribution in [2.45, 2.75) is 68.8 Å². The highest BCUT2D eigenvalue weighted by molar-refractivity contribution is 7.99. The summed E-state index contributed by atoms with van der Waals surface area (Å²) < 4.78 is 0. The van der Waals surface area contributed by atoms with Crippen molar-refractivity contribution in [3.05, 3.63) is 0 Å². The maximum Gasteiger partial charge on any atom is 0.191 e. The van der Waals surface area contributed by atoms with Gasteiger partial charge in [0.05, 0.1) is 12.1 Å². The minimum atomic E-state index is -0.556. The van der Waals surface area contributed by atoms with Crippen LogP contribution >= 0.6 is 11.8 Å². The molecule has 2 atom stereocenters. The lowest BCUT2D eigenvalue weighted by atomic mass is 10.0. The molecule has 3 N–H and O–H groups in total. The number of hydrogen-bond acceptors (Lipinski definition) is 3. The van der Waals surface area contributed by atoms with Gasteiger partial charge in [-0.25, -0.2) is 0 Å². The van der Waals surface area contributed by atoms with Crippen molar-refractivity contribution in [1.82, 2.24) is 10.6 Å². The third-order valence-corrected chi connectivity index (χ3v) is 5.56. The Bertz CT molecular complexity index is 329. The van der Waals surface area contributed by atoms with Crippen LogP contribution in [0.15, 0.2) is 4.99 Å². The first-order chi connectivity index (χ1) is 9.65. The fourth-order valence-electron chi connectivity index (χ4n) is 3.22. The lowest BCUT2D eigenvalue weighted by Gasteiger charge is -2.22. The van der Waals surface area contributed by atoms with E-state index in [2.05, 4.69) is 28.8 Å². The van der Waals surface area contributed by atoms with E-state index in [1.165, 1.54) is 19.3 Å². The summed E-state index contributed by atoms with van der Waals surface area (Å²) in [5.41, 5.74) is -0.556. The average Bonchev–Trinajstić information content (AvgIpc) is 3.06. The number of aliphatic hydroxyl groups is 1. The van der Waals surface area contributed by atoms with Gasteiger partial charge >= 0.3 is 0 Å². The summed E-state index contributed by atoms with van der Waals surface area (Å²) in [6.07, 6.45) is 9.99. The first kappa shape index (κ1) is 16.0. The predicted octanol–water partition coefficient (Wildman–Crippen LogP) is 2.13. The molecule has 5 heteroatoms. The van der Waals surface area contributed by atoms with Crippen molar-refractivity contribution >= 4 is 17.7 Å². The molecule has 4 nitrogen and oxygen atoms in total. The van der Waals surface area contributed by atoms with Crippen LogP contribution in [-0.2, 0) is 0 Å². The molecule has 0 aliphatic heterocycles. The molecule has 20 heavy (non-hydrogen) atoms. The normalized spacial score (nSPS) is 29.6. The fraction of sp³-hybridized carbons (Fsp3) is 0.933. The standard InChI is InChI=1S/C15H29N3OS/c1-3-16-14(17-11-15(19)8-4-5-9-15)18-12-6-7-13(10-12)20-2/h12-13,19H,3-11H2,1-2H3,(H2,16,17,18). The molecule has 2 fully saturated rings. The molecule has 2 aliphatic carbocycles. The van der Waals surface area contributed by atoms with Gasteiger partial charge in [0.15, 0.2) is 5.96 Å². The van der Waals surface area contributed by atoms with Gasteiger partial charge in [0.25, 0.3) is 0 Å². The highest BCUT2D eigenvalue weighted by atomic mass is 32.2. The summed E-state index contributed by atoms with van der Waals surface area (Å²) in [6, 6.07) is 0.531. The van der Waals surface area contributed by atoms with E-state index in [1.54, 1.807) is 0 Å². The Morgan fingerprint density at radius 3 is 2.70 bits per heavy atom. The average molecular weight is 299 g/mol. The van der Waals surface area contributed by atoms with Gasteiger partial charge in [0.1, 0.15) is 0 Å². The second-order valence-electron chi connectivity index (χ2n) is 6.14. The quantitative estimate of drug-likeness (QED) is 0.538. The molecule has 2 saturated carbocycles. The molecule has 0 amide bonds. The van der Waals surface area contributed by atoms with Crippen molar-refractivity contribution in [2.75, 3.05) is 19.3 Å². The molecule has 2 unspecified atom stereocenters. The highest BCUT2D eigenvalue weighted by Crippen LogP contribution is 2.30. The minimum Gasteiger partial charge on any atom is -0.388 e. The van der Waals surface area contributed by atoms with Gasteiger partial charge in [-0.05, 0) is 45.3 Å². The number of guanidine groups is 1. The van der Waals surface area contributed by atoms with E-state index >= 15 is 0 Å². The van der Waals surface area contributed by atoms with Crippen LogP contribution in [0.4, 0.5) is 0 Å². The first-order valence-corrected chi connectivity index (χ1v) is 9.24. The van der Waals surface area contributed by atoms with E-state index in [1.807, 2.05) is 11.8 Å². The lowest BCUT2D eigenvalue weighted by molar-refractivity contribution is 0.0574. The van der Waals surface area contributed by atoms with Crippen LogP contribution in [0.2, 0.25) is 0 Å². The second-order valence-corrected chi connectivity index (χ2v) is 7.28. The third kappa shape index (κ3) is 4.55. The van der Waals surface area contributed by atoms with Gasteiger partial charge in [-0.1, -0.05) is 12.8 Å². The van der Waals surface area contributed by atoms with E-state index in [0.717, 1.165) is 43.4 Å². The third-order valence-electron chi connectivity index (χ3n) is 4.47. The zero-order valence-corrected chi connectivity index (χ0v) is 13.6. The zero-order valence-electron chi connectivity index (χ0n) is 12.8. The Morgan fingerprint density at radius 2 is 2.10 bits per heavy atom. The Hall–Kier alpha value is -0.420. The summed E-state index contributed by atoms with van der Waals surface area (Å²) in [7, 11) is 0. The van der Waals surface area contributed by atoms with Gasteiger partial charge < -0.3 is 15.7 Å². The van der Waals surface area contributed by atoms with Crippen LogP contribution in [0.25, 0.3) is 0 Å². The SMILES string of the molecule is CCNC(=NCC1(O)CCCC1)NC1CCC(SC)C1. The molecular weight excluding hydrogens is 270 g/mol. The summed E-state index contributed by atoms with van der Waals surface area (Å²) in [6.45, 7) is 3.48. The van der Waals surface area contributed by atoms with Crippen molar-refractivity contribution in [3.8, 4) is 0 Å². The Kier molecular flexibility index (Phi) is 6.02. The van der Waals surface area contributed by atoms with Crippen molar-refractivity contribution in [3.63, 3.8) is 0 Å². The number of nitrogens with zero attached hydrogens (tertiary/aromatic N) is 1. The van der Waals surface area contributed by atoms with Crippen molar-refractivity contribution in [2.24, 2.45) is 4.99 Å². The van der Waals surface area contributed by atoms with E-state index in [0.29, 0.717) is 12.6 Å². The molecule has 0 aromatic rings. The van der Waals surface area contributed by atoms with Crippen LogP contribution < -0.4 is 10.6 Å². The molecule has 0 spiro atoms. The number of hydrogen-bond donors (Lipinski definition) is 3. The molecule has 0 bridgehead atoms. The van der Waals surface area contributed by atoms with Crippen molar-refractivity contribution < 1.29 is 5.11 Å². The fourth-order valence-corrected chi connectivity index (χ4v) is 4.01. The van der Waals surface area contributed by atoms with E-state index in [9.17, 15) is 5.11 Å². The number of nitrogens with one attached hydrogen (secondary N) is 2. The maximum atomic E-state index is 10.4. The van der Waals surface area contributed by atoms with Gasteiger partial charge in [0.2, 0.25) is 0 Å². The molecular formula is C15H29N3OS. The summed E-state index contributed by atoms with van der Waals surface area (Å²) >= 11 is 1.97. The number of rotatable bonds is 5. The second kappa shape index (κ2) is 7.55. The Labute approximate surface area is 127 Å². The monoisotopic (exact) mass is 299 g/mol.